The quantitative estimate of drug-likeness (QED) is 0.877. The molecule has 19 heavy (non-hydrogen) atoms. The molecule has 2 atom stereocenters. The number of carboxylic acid groups (broad SMARTS) is 1. The number of carbonyl (C=O) groups is 1. The second kappa shape index (κ2) is 6.60. The second-order valence-electron chi connectivity index (χ2n) is 5.25. The van der Waals surface area contributed by atoms with Gasteiger partial charge in [-0.05, 0) is 42.9 Å². The minimum absolute atomic E-state index is 0.159. The van der Waals surface area contributed by atoms with E-state index in [9.17, 15) is 9.90 Å². The summed E-state index contributed by atoms with van der Waals surface area (Å²) in [6.45, 7) is 2.80. The zero-order chi connectivity index (χ0) is 13.7. The van der Waals surface area contributed by atoms with Crippen molar-refractivity contribution in [1.29, 1.82) is 0 Å². The lowest BCUT2D eigenvalue weighted by molar-refractivity contribution is -0.143. The van der Waals surface area contributed by atoms with E-state index in [4.69, 9.17) is 4.74 Å². The largest absolute Gasteiger partial charge is 0.494 e. The van der Waals surface area contributed by atoms with Gasteiger partial charge in [0.25, 0.3) is 0 Å². The maximum absolute atomic E-state index is 11.3. The first-order valence-electron chi connectivity index (χ1n) is 7.18. The highest BCUT2D eigenvalue weighted by Crippen LogP contribution is 2.38. The van der Waals surface area contributed by atoms with Gasteiger partial charge < -0.3 is 9.84 Å². The SMILES string of the molecule is CCCOc1ccc(C2CCCCC2C(=O)O)cc1. The highest BCUT2D eigenvalue weighted by atomic mass is 16.5. The van der Waals surface area contributed by atoms with Gasteiger partial charge in [0, 0.05) is 0 Å². The van der Waals surface area contributed by atoms with Gasteiger partial charge in [-0.25, -0.2) is 0 Å². The molecule has 1 fully saturated rings. The molecule has 0 aliphatic heterocycles. The van der Waals surface area contributed by atoms with E-state index in [2.05, 4.69) is 6.92 Å². The van der Waals surface area contributed by atoms with Crippen LogP contribution in [0.3, 0.4) is 0 Å². The van der Waals surface area contributed by atoms with Crippen LogP contribution in [0, 0.1) is 5.92 Å². The summed E-state index contributed by atoms with van der Waals surface area (Å²) < 4.78 is 5.56. The molecule has 1 N–H and O–H groups in total. The van der Waals surface area contributed by atoms with Crippen LogP contribution in [0.1, 0.15) is 50.5 Å². The van der Waals surface area contributed by atoms with Gasteiger partial charge in [-0.3, -0.25) is 4.79 Å². The van der Waals surface area contributed by atoms with Crippen molar-refractivity contribution in [1.82, 2.24) is 0 Å². The second-order valence-corrected chi connectivity index (χ2v) is 5.25. The Labute approximate surface area is 114 Å². The Morgan fingerprint density at radius 1 is 1.26 bits per heavy atom. The van der Waals surface area contributed by atoms with E-state index in [1.54, 1.807) is 0 Å². The standard InChI is InChI=1S/C16H22O3/c1-2-11-19-13-9-7-12(8-10-13)14-5-3-4-6-15(14)16(17)18/h7-10,14-15H,2-6,11H2,1H3,(H,17,18). The lowest BCUT2D eigenvalue weighted by Crippen LogP contribution is -2.25. The summed E-state index contributed by atoms with van der Waals surface area (Å²) in [5.74, 6) is 0.145. The fourth-order valence-corrected chi connectivity index (χ4v) is 2.86. The molecule has 0 aromatic heterocycles. The maximum atomic E-state index is 11.3. The van der Waals surface area contributed by atoms with E-state index in [1.165, 1.54) is 0 Å². The van der Waals surface area contributed by atoms with Crippen molar-refractivity contribution in [2.24, 2.45) is 5.92 Å². The van der Waals surface area contributed by atoms with Crippen molar-refractivity contribution >= 4 is 5.97 Å². The van der Waals surface area contributed by atoms with Crippen LogP contribution in [0.5, 0.6) is 5.75 Å². The third-order valence-electron chi connectivity index (χ3n) is 3.86. The van der Waals surface area contributed by atoms with Crippen LogP contribution in [-0.2, 0) is 4.79 Å². The fourth-order valence-electron chi connectivity index (χ4n) is 2.86. The van der Waals surface area contributed by atoms with Crippen molar-refractivity contribution in [2.75, 3.05) is 6.61 Å². The Hall–Kier alpha value is -1.51. The molecule has 1 saturated carbocycles. The lowest BCUT2D eigenvalue weighted by atomic mass is 9.75. The predicted molar refractivity (Wildman–Crippen MR) is 74.6 cm³/mol. The van der Waals surface area contributed by atoms with E-state index >= 15 is 0 Å². The molecule has 1 aromatic rings. The average Bonchev–Trinajstić information content (AvgIpc) is 2.45. The van der Waals surface area contributed by atoms with Crippen LogP contribution < -0.4 is 4.74 Å². The van der Waals surface area contributed by atoms with Crippen molar-refractivity contribution in [3.05, 3.63) is 29.8 Å². The molecule has 0 amide bonds. The molecule has 0 bridgehead atoms. The number of ether oxygens (including phenoxy) is 1. The first-order valence-corrected chi connectivity index (χ1v) is 7.18. The summed E-state index contributed by atoms with van der Waals surface area (Å²) in [4.78, 5) is 11.3. The summed E-state index contributed by atoms with van der Waals surface area (Å²) in [6, 6.07) is 7.96. The van der Waals surface area contributed by atoms with Gasteiger partial charge in [-0.1, -0.05) is 31.9 Å². The third-order valence-corrected chi connectivity index (χ3v) is 3.86. The monoisotopic (exact) mass is 262 g/mol. The number of benzene rings is 1. The van der Waals surface area contributed by atoms with Crippen molar-refractivity contribution in [3.8, 4) is 5.75 Å². The molecule has 104 valence electrons. The molecular formula is C16H22O3. The fraction of sp³-hybridized carbons (Fsp3) is 0.562. The zero-order valence-electron chi connectivity index (χ0n) is 11.5. The van der Waals surface area contributed by atoms with E-state index in [0.717, 1.165) is 50.0 Å². The molecule has 1 aromatic carbocycles. The van der Waals surface area contributed by atoms with Gasteiger partial charge in [0.15, 0.2) is 0 Å². The first kappa shape index (κ1) is 13.9. The highest BCUT2D eigenvalue weighted by Gasteiger charge is 2.31. The van der Waals surface area contributed by atoms with Crippen LogP contribution in [0.15, 0.2) is 24.3 Å². The molecule has 0 spiro atoms. The predicted octanol–water partition coefficient (Wildman–Crippen LogP) is 3.83. The molecule has 1 aliphatic rings. The smallest absolute Gasteiger partial charge is 0.307 e. The maximum Gasteiger partial charge on any atom is 0.307 e. The molecule has 0 saturated heterocycles. The summed E-state index contributed by atoms with van der Waals surface area (Å²) in [5.41, 5.74) is 1.14. The minimum Gasteiger partial charge on any atom is -0.494 e. The molecule has 0 heterocycles. The molecular weight excluding hydrogens is 240 g/mol. The van der Waals surface area contributed by atoms with Crippen molar-refractivity contribution in [3.63, 3.8) is 0 Å². The van der Waals surface area contributed by atoms with Crippen LogP contribution in [-0.4, -0.2) is 17.7 Å². The molecule has 2 rings (SSSR count). The summed E-state index contributed by atoms with van der Waals surface area (Å²) >= 11 is 0. The van der Waals surface area contributed by atoms with Gasteiger partial charge in [-0.2, -0.15) is 0 Å². The average molecular weight is 262 g/mol. The minimum atomic E-state index is -0.656. The van der Waals surface area contributed by atoms with Crippen LogP contribution in [0.2, 0.25) is 0 Å². The van der Waals surface area contributed by atoms with Gasteiger partial charge >= 0.3 is 5.97 Å². The van der Waals surface area contributed by atoms with E-state index in [0.29, 0.717) is 0 Å². The third kappa shape index (κ3) is 3.49. The van der Waals surface area contributed by atoms with Crippen LogP contribution in [0.25, 0.3) is 0 Å². The van der Waals surface area contributed by atoms with Gasteiger partial charge in [0.05, 0.1) is 12.5 Å². The van der Waals surface area contributed by atoms with Crippen LogP contribution >= 0.6 is 0 Å². The van der Waals surface area contributed by atoms with Crippen molar-refractivity contribution < 1.29 is 14.6 Å². The van der Waals surface area contributed by atoms with Gasteiger partial charge in [0.1, 0.15) is 5.75 Å². The first-order chi connectivity index (χ1) is 9.22. The topological polar surface area (TPSA) is 46.5 Å². The molecule has 3 nitrogen and oxygen atoms in total. The summed E-state index contributed by atoms with van der Waals surface area (Å²) in [6.07, 6.45) is 4.93. The van der Waals surface area contributed by atoms with E-state index < -0.39 is 5.97 Å². The number of hydrogen-bond acceptors (Lipinski definition) is 2. The Morgan fingerprint density at radius 3 is 2.58 bits per heavy atom. The molecule has 1 aliphatic carbocycles. The van der Waals surface area contributed by atoms with Crippen molar-refractivity contribution in [2.45, 2.75) is 44.9 Å². The lowest BCUT2D eigenvalue weighted by Gasteiger charge is -2.28. The Bertz CT molecular complexity index is 411. The highest BCUT2D eigenvalue weighted by molar-refractivity contribution is 5.71. The van der Waals surface area contributed by atoms with Gasteiger partial charge in [0.2, 0.25) is 0 Å². The Kier molecular flexibility index (Phi) is 4.83. The number of carboxylic acids is 1. The summed E-state index contributed by atoms with van der Waals surface area (Å²) in [5, 5.41) is 9.32. The number of rotatable bonds is 5. The van der Waals surface area contributed by atoms with E-state index in [1.807, 2.05) is 24.3 Å². The van der Waals surface area contributed by atoms with Crippen LogP contribution in [0.4, 0.5) is 0 Å². The number of hydrogen-bond donors (Lipinski definition) is 1. The molecule has 0 radical (unpaired) electrons. The number of aliphatic carboxylic acids is 1. The van der Waals surface area contributed by atoms with E-state index in [-0.39, 0.29) is 11.8 Å². The van der Waals surface area contributed by atoms with Gasteiger partial charge in [-0.15, -0.1) is 0 Å². The normalized spacial score (nSPS) is 23.0. The summed E-state index contributed by atoms with van der Waals surface area (Å²) in [7, 11) is 0. The zero-order valence-corrected chi connectivity index (χ0v) is 11.5. The Morgan fingerprint density at radius 2 is 1.95 bits per heavy atom. The molecule has 3 heteroatoms. The molecule has 2 unspecified atom stereocenters. The Balaban J connectivity index is 2.09.